The van der Waals surface area contributed by atoms with E-state index in [1.165, 1.54) is 24.3 Å². The second kappa shape index (κ2) is 6.54. The van der Waals surface area contributed by atoms with Gasteiger partial charge in [-0.25, -0.2) is 4.98 Å². The van der Waals surface area contributed by atoms with E-state index < -0.39 is 12.8 Å². The fraction of sp³-hybridized carbons (Fsp3) is 0.375. The Bertz CT molecular complexity index is 710. The van der Waals surface area contributed by atoms with Gasteiger partial charge in [0.1, 0.15) is 11.6 Å². The number of anilines is 1. The number of imidazole rings is 1. The van der Waals surface area contributed by atoms with Gasteiger partial charge in [0.25, 0.3) is 0 Å². The summed E-state index contributed by atoms with van der Waals surface area (Å²) in [6.07, 6.45) is 0.533. The summed E-state index contributed by atoms with van der Waals surface area (Å²) in [6, 6.07) is 5.84. The van der Waals surface area contributed by atoms with E-state index in [9.17, 15) is 18.0 Å². The van der Waals surface area contributed by atoms with Crippen molar-refractivity contribution < 1.29 is 22.7 Å². The zero-order valence-electron chi connectivity index (χ0n) is 12.7. The number of hydrogen-bond acceptors (Lipinski definition) is 3. The molecule has 0 fully saturated rings. The van der Waals surface area contributed by atoms with Crippen LogP contribution < -0.4 is 10.1 Å². The Morgan fingerprint density at radius 2 is 2.08 bits per heavy atom. The van der Waals surface area contributed by atoms with Crippen LogP contribution in [0.25, 0.3) is 0 Å². The van der Waals surface area contributed by atoms with Crippen LogP contribution in [0, 0.1) is 5.92 Å². The van der Waals surface area contributed by atoms with Gasteiger partial charge in [0.15, 0.2) is 6.61 Å². The Labute approximate surface area is 136 Å². The highest BCUT2D eigenvalue weighted by Crippen LogP contribution is 2.23. The molecule has 0 bridgehead atoms. The summed E-state index contributed by atoms with van der Waals surface area (Å²) in [7, 11) is 0. The van der Waals surface area contributed by atoms with E-state index in [-0.39, 0.29) is 17.6 Å². The number of carbonyl (C=O) groups excluding carboxylic acids is 1. The number of aromatic nitrogens is 2. The maximum absolute atomic E-state index is 12.3. The number of alkyl halides is 3. The molecule has 1 atom stereocenters. The number of amides is 1. The molecular formula is C16H16F3N3O2. The summed E-state index contributed by atoms with van der Waals surface area (Å²) in [4.78, 5) is 16.5. The highest BCUT2D eigenvalue weighted by Gasteiger charge is 2.28. The van der Waals surface area contributed by atoms with E-state index in [1.54, 1.807) is 6.20 Å². The van der Waals surface area contributed by atoms with Crippen LogP contribution in [0.2, 0.25) is 0 Å². The first-order valence-electron chi connectivity index (χ1n) is 7.51. The fourth-order valence-corrected chi connectivity index (χ4v) is 2.62. The van der Waals surface area contributed by atoms with Gasteiger partial charge in [-0.15, -0.1) is 0 Å². The van der Waals surface area contributed by atoms with E-state index in [0.717, 1.165) is 18.8 Å². The first-order chi connectivity index (χ1) is 11.4. The van der Waals surface area contributed by atoms with Crippen molar-refractivity contribution in [3.8, 4) is 5.75 Å². The van der Waals surface area contributed by atoms with E-state index in [1.807, 2.05) is 10.8 Å². The molecule has 0 spiro atoms. The normalized spacial score (nSPS) is 17.2. The number of carbonyl (C=O) groups is 1. The van der Waals surface area contributed by atoms with E-state index in [0.29, 0.717) is 12.1 Å². The molecule has 8 heteroatoms. The van der Waals surface area contributed by atoms with Crippen LogP contribution >= 0.6 is 0 Å². The Morgan fingerprint density at radius 3 is 2.79 bits per heavy atom. The number of hydrogen-bond donors (Lipinski definition) is 1. The molecule has 0 aliphatic carbocycles. The summed E-state index contributed by atoms with van der Waals surface area (Å²) < 4.78 is 42.9. The third-order valence-electron chi connectivity index (χ3n) is 3.84. The number of nitrogens with zero attached hydrogens (tertiary/aromatic N) is 2. The van der Waals surface area contributed by atoms with Gasteiger partial charge in [-0.3, -0.25) is 4.79 Å². The lowest BCUT2D eigenvalue weighted by molar-refractivity contribution is -0.153. The molecule has 24 heavy (non-hydrogen) atoms. The number of fused-ring (bicyclic) bond motifs is 1. The number of benzene rings is 1. The molecule has 1 aliphatic heterocycles. The van der Waals surface area contributed by atoms with Gasteiger partial charge in [0.05, 0.1) is 0 Å². The predicted molar refractivity (Wildman–Crippen MR) is 80.7 cm³/mol. The molecule has 2 aromatic rings. The molecule has 1 aliphatic rings. The first-order valence-corrected chi connectivity index (χ1v) is 7.51. The summed E-state index contributed by atoms with van der Waals surface area (Å²) in [5, 5.41) is 2.78. The second-order valence-corrected chi connectivity index (χ2v) is 5.64. The average Bonchev–Trinajstić information content (AvgIpc) is 3.01. The monoisotopic (exact) mass is 339 g/mol. The van der Waals surface area contributed by atoms with Gasteiger partial charge in [-0.2, -0.15) is 13.2 Å². The van der Waals surface area contributed by atoms with E-state index >= 15 is 0 Å². The Balaban J connectivity index is 1.55. The van der Waals surface area contributed by atoms with Crippen LogP contribution in [0.1, 0.15) is 12.2 Å². The first kappa shape index (κ1) is 16.4. The number of ether oxygens (including phenoxy) is 1. The number of aryl methyl sites for hydroxylation is 1. The molecule has 2 heterocycles. The number of halogens is 3. The van der Waals surface area contributed by atoms with Gasteiger partial charge in [0, 0.05) is 37.0 Å². The quantitative estimate of drug-likeness (QED) is 0.932. The maximum Gasteiger partial charge on any atom is 0.422 e. The molecule has 1 aromatic heterocycles. The summed E-state index contributed by atoms with van der Waals surface area (Å²) >= 11 is 0. The second-order valence-electron chi connectivity index (χ2n) is 5.64. The van der Waals surface area contributed by atoms with Crippen LogP contribution in [0.15, 0.2) is 36.7 Å². The molecule has 3 rings (SSSR count). The minimum Gasteiger partial charge on any atom is -0.484 e. The Kier molecular flexibility index (Phi) is 4.46. The summed E-state index contributed by atoms with van der Waals surface area (Å²) in [5.74, 6) is 0.705. The maximum atomic E-state index is 12.3. The predicted octanol–water partition coefficient (Wildman–Crippen LogP) is 3.03. The SMILES string of the molecule is O=C(Nc1ccc(OCC(F)(F)F)cc1)C1CCn2ccnc2C1. The molecule has 1 aromatic carbocycles. The van der Waals surface area contributed by atoms with Crippen molar-refractivity contribution in [3.63, 3.8) is 0 Å². The van der Waals surface area contributed by atoms with Gasteiger partial charge >= 0.3 is 6.18 Å². The van der Waals surface area contributed by atoms with Gasteiger partial charge in [0.2, 0.25) is 5.91 Å². The zero-order valence-corrected chi connectivity index (χ0v) is 12.7. The smallest absolute Gasteiger partial charge is 0.422 e. The number of rotatable bonds is 4. The van der Waals surface area contributed by atoms with Gasteiger partial charge in [-0.1, -0.05) is 0 Å². The molecule has 0 saturated carbocycles. The fourth-order valence-electron chi connectivity index (χ4n) is 2.62. The van der Waals surface area contributed by atoms with Crippen molar-refractivity contribution in [2.24, 2.45) is 5.92 Å². The third-order valence-corrected chi connectivity index (χ3v) is 3.84. The molecule has 0 saturated heterocycles. The van der Waals surface area contributed by atoms with Crippen molar-refractivity contribution in [1.29, 1.82) is 0 Å². The lowest BCUT2D eigenvalue weighted by Gasteiger charge is -2.22. The molecule has 5 nitrogen and oxygen atoms in total. The summed E-state index contributed by atoms with van der Waals surface area (Å²) in [6.45, 7) is -0.592. The van der Waals surface area contributed by atoms with Crippen LogP contribution in [0.3, 0.4) is 0 Å². The molecule has 1 unspecified atom stereocenters. The van der Waals surface area contributed by atoms with Gasteiger partial charge < -0.3 is 14.6 Å². The zero-order chi connectivity index (χ0) is 17.2. The molecular weight excluding hydrogens is 323 g/mol. The largest absolute Gasteiger partial charge is 0.484 e. The minimum atomic E-state index is -4.38. The van der Waals surface area contributed by atoms with E-state index in [4.69, 9.17) is 0 Å². The molecule has 0 radical (unpaired) electrons. The Morgan fingerprint density at radius 1 is 1.33 bits per heavy atom. The van der Waals surface area contributed by atoms with Crippen LogP contribution in [0.5, 0.6) is 5.75 Å². The Hall–Kier alpha value is -2.51. The number of nitrogens with one attached hydrogen (secondary N) is 1. The highest BCUT2D eigenvalue weighted by atomic mass is 19.4. The lowest BCUT2D eigenvalue weighted by atomic mass is 9.97. The lowest BCUT2D eigenvalue weighted by Crippen LogP contribution is -2.30. The van der Waals surface area contributed by atoms with Crippen molar-refractivity contribution in [2.45, 2.75) is 25.6 Å². The van der Waals surface area contributed by atoms with E-state index in [2.05, 4.69) is 15.0 Å². The standard InChI is InChI=1S/C16H16F3N3O2/c17-16(18,19)10-24-13-3-1-12(2-4-13)21-15(23)11-5-7-22-8-6-20-14(22)9-11/h1-4,6,8,11H,5,7,9-10H2,(H,21,23). The average molecular weight is 339 g/mol. The van der Waals surface area contributed by atoms with Crippen molar-refractivity contribution in [3.05, 3.63) is 42.5 Å². The molecule has 1 amide bonds. The highest BCUT2D eigenvalue weighted by molar-refractivity contribution is 5.92. The third kappa shape index (κ3) is 4.06. The van der Waals surface area contributed by atoms with Crippen molar-refractivity contribution in [2.75, 3.05) is 11.9 Å². The van der Waals surface area contributed by atoms with Crippen molar-refractivity contribution >= 4 is 11.6 Å². The minimum absolute atomic E-state index is 0.102. The van der Waals surface area contributed by atoms with Crippen LogP contribution in [-0.2, 0) is 17.8 Å². The summed E-state index contributed by atoms with van der Waals surface area (Å²) in [5.41, 5.74) is 0.522. The van der Waals surface area contributed by atoms with Crippen LogP contribution in [-0.4, -0.2) is 28.2 Å². The van der Waals surface area contributed by atoms with Crippen LogP contribution in [0.4, 0.5) is 18.9 Å². The van der Waals surface area contributed by atoms with Gasteiger partial charge in [-0.05, 0) is 30.7 Å². The topological polar surface area (TPSA) is 56.1 Å². The van der Waals surface area contributed by atoms with Crippen molar-refractivity contribution in [1.82, 2.24) is 9.55 Å². The molecule has 128 valence electrons. The molecule has 1 N–H and O–H groups in total.